The normalized spacial score (nSPS) is 16.9. The van der Waals surface area contributed by atoms with Crippen molar-refractivity contribution in [2.24, 2.45) is 5.92 Å². The number of carbonyl (C=O) groups excluding carboxylic acids is 2. The zero-order valence-electron chi connectivity index (χ0n) is 22.8. The van der Waals surface area contributed by atoms with Crippen LogP contribution in [0.5, 0.6) is 0 Å². The number of carbonyl (C=O) groups is 2. The van der Waals surface area contributed by atoms with Crippen LogP contribution in [-0.4, -0.2) is 51.5 Å². The van der Waals surface area contributed by atoms with Gasteiger partial charge in [0.1, 0.15) is 5.82 Å². The van der Waals surface area contributed by atoms with Crippen LogP contribution in [0.1, 0.15) is 69.0 Å². The standard InChI is InChI=1S/C31H38N6O2/c1-21(2)30(31(39)34-28-19-26(35-36-28)22-11-12-22)24-9-6-8-23(18-24)25-13-14-27(32-20-25)33-29(38)10-7-17-37-15-4-3-5-16-37/h6-10,13-14,18-22,30H,3-5,11-12,15-17H2,1-2H3,(H,32,33,38)(H2,34,35,36,39)/b10-7+. The maximum absolute atomic E-state index is 13.3. The highest BCUT2D eigenvalue weighted by Crippen LogP contribution is 2.39. The number of anilines is 2. The Kier molecular flexibility index (Phi) is 8.51. The van der Waals surface area contributed by atoms with Gasteiger partial charge < -0.3 is 10.6 Å². The summed E-state index contributed by atoms with van der Waals surface area (Å²) in [6.07, 6.45) is 11.4. The van der Waals surface area contributed by atoms with Gasteiger partial charge in [0.25, 0.3) is 0 Å². The van der Waals surface area contributed by atoms with Crippen LogP contribution < -0.4 is 10.6 Å². The Bertz CT molecular complexity index is 1300. The maximum atomic E-state index is 13.3. The number of aromatic nitrogens is 3. The zero-order chi connectivity index (χ0) is 27.2. The van der Waals surface area contributed by atoms with E-state index in [2.05, 4.69) is 44.6 Å². The van der Waals surface area contributed by atoms with E-state index in [1.165, 1.54) is 32.1 Å². The molecule has 3 N–H and O–H groups in total. The van der Waals surface area contributed by atoms with Gasteiger partial charge in [-0.3, -0.25) is 19.6 Å². The molecule has 1 aliphatic heterocycles. The van der Waals surface area contributed by atoms with E-state index in [0.717, 1.165) is 42.0 Å². The fourth-order valence-corrected chi connectivity index (χ4v) is 5.22. The predicted molar refractivity (Wildman–Crippen MR) is 155 cm³/mol. The van der Waals surface area contributed by atoms with Crippen LogP contribution in [0, 0.1) is 5.92 Å². The number of pyridine rings is 1. The number of aromatic amines is 1. The van der Waals surface area contributed by atoms with Gasteiger partial charge >= 0.3 is 0 Å². The summed E-state index contributed by atoms with van der Waals surface area (Å²) >= 11 is 0. The second-order valence-corrected chi connectivity index (χ2v) is 11.0. The Balaban J connectivity index is 1.21. The molecule has 0 bridgehead atoms. The number of hydrogen-bond donors (Lipinski definition) is 3. The lowest BCUT2D eigenvalue weighted by Gasteiger charge is -2.24. The maximum Gasteiger partial charge on any atom is 0.249 e. The van der Waals surface area contributed by atoms with Gasteiger partial charge in [-0.25, -0.2) is 4.98 Å². The van der Waals surface area contributed by atoms with Crippen molar-refractivity contribution in [2.75, 3.05) is 30.3 Å². The summed E-state index contributed by atoms with van der Waals surface area (Å²) < 4.78 is 0. The number of nitrogens with zero attached hydrogens (tertiary/aromatic N) is 3. The van der Waals surface area contributed by atoms with Gasteiger partial charge in [-0.1, -0.05) is 50.6 Å². The van der Waals surface area contributed by atoms with Crippen LogP contribution in [0.25, 0.3) is 11.1 Å². The van der Waals surface area contributed by atoms with E-state index in [-0.39, 0.29) is 23.7 Å². The van der Waals surface area contributed by atoms with Crippen LogP contribution in [-0.2, 0) is 9.59 Å². The molecule has 2 aliphatic rings. The lowest BCUT2D eigenvalue weighted by molar-refractivity contribution is -0.118. The minimum absolute atomic E-state index is 0.0690. The summed E-state index contributed by atoms with van der Waals surface area (Å²) in [4.78, 5) is 32.4. The van der Waals surface area contributed by atoms with Gasteiger partial charge in [0.05, 0.1) is 5.92 Å². The molecule has 2 aromatic heterocycles. The lowest BCUT2D eigenvalue weighted by atomic mass is 9.86. The topological polar surface area (TPSA) is 103 Å². The minimum Gasteiger partial charge on any atom is -0.309 e. The molecule has 1 saturated heterocycles. The van der Waals surface area contributed by atoms with Crippen molar-refractivity contribution in [3.8, 4) is 11.1 Å². The molecule has 1 aromatic carbocycles. The summed E-state index contributed by atoms with van der Waals surface area (Å²) in [5, 5.41) is 13.2. The number of nitrogens with one attached hydrogen (secondary N) is 3. The van der Waals surface area contributed by atoms with Crippen molar-refractivity contribution in [1.29, 1.82) is 0 Å². The SMILES string of the molecule is CC(C)C(C(=O)Nc1cc(C2CC2)[nH]n1)c1cccc(-c2ccc(NC(=O)/C=C/CN3CCCCC3)nc2)c1. The van der Waals surface area contributed by atoms with Crippen molar-refractivity contribution in [1.82, 2.24) is 20.1 Å². The third-order valence-corrected chi connectivity index (χ3v) is 7.49. The van der Waals surface area contributed by atoms with Crippen LogP contribution in [0.15, 0.2) is 60.8 Å². The first-order valence-corrected chi connectivity index (χ1v) is 14.1. The average molecular weight is 527 g/mol. The highest BCUT2D eigenvalue weighted by Gasteiger charge is 2.28. The molecule has 1 atom stereocenters. The van der Waals surface area contributed by atoms with Crippen LogP contribution in [0.2, 0.25) is 0 Å². The molecule has 0 radical (unpaired) electrons. The number of hydrogen-bond acceptors (Lipinski definition) is 5. The Morgan fingerprint density at radius 3 is 2.56 bits per heavy atom. The molecule has 3 heterocycles. The summed E-state index contributed by atoms with van der Waals surface area (Å²) in [5.74, 6) is 1.16. The van der Waals surface area contributed by atoms with Crippen molar-refractivity contribution < 1.29 is 9.59 Å². The lowest BCUT2D eigenvalue weighted by Crippen LogP contribution is -2.29. The molecule has 8 heteroatoms. The van der Waals surface area contributed by atoms with Gasteiger partial charge in [0.2, 0.25) is 11.8 Å². The molecule has 5 rings (SSSR count). The molecule has 1 saturated carbocycles. The summed E-state index contributed by atoms with van der Waals surface area (Å²) in [6.45, 7) is 7.11. The van der Waals surface area contributed by atoms with Gasteiger partial charge in [0, 0.05) is 42.1 Å². The molecule has 2 amide bonds. The van der Waals surface area contributed by atoms with Crippen LogP contribution >= 0.6 is 0 Å². The number of amides is 2. The predicted octanol–water partition coefficient (Wildman–Crippen LogP) is 5.71. The molecule has 204 valence electrons. The Morgan fingerprint density at radius 1 is 1.03 bits per heavy atom. The second-order valence-electron chi connectivity index (χ2n) is 11.0. The Hall–Kier alpha value is -3.78. The number of rotatable bonds is 10. The fourth-order valence-electron chi connectivity index (χ4n) is 5.22. The second kappa shape index (κ2) is 12.4. The molecule has 39 heavy (non-hydrogen) atoms. The smallest absolute Gasteiger partial charge is 0.249 e. The Morgan fingerprint density at radius 2 is 1.85 bits per heavy atom. The number of likely N-dealkylation sites (tertiary alicyclic amines) is 1. The minimum atomic E-state index is -0.325. The van der Waals surface area contributed by atoms with Crippen LogP contribution in [0.3, 0.4) is 0 Å². The van der Waals surface area contributed by atoms with E-state index >= 15 is 0 Å². The van der Waals surface area contributed by atoms with Crippen molar-refractivity contribution >= 4 is 23.5 Å². The van der Waals surface area contributed by atoms with Gasteiger partial charge in [-0.05, 0) is 68.0 Å². The molecule has 8 nitrogen and oxygen atoms in total. The van der Waals surface area contributed by atoms with E-state index < -0.39 is 0 Å². The molecule has 1 unspecified atom stereocenters. The molecular formula is C31H38N6O2. The van der Waals surface area contributed by atoms with Crippen LogP contribution in [0.4, 0.5) is 11.6 Å². The third kappa shape index (κ3) is 7.20. The fraction of sp³-hybridized carbons (Fsp3) is 0.419. The first kappa shape index (κ1) is 26.8. The first-order chi connectivity index (χ1) is 19.0. The number of H-pyrrole nitrogens is 1. The number of piperidine rings is 1. The molecule has 0 spiro atoms. The largest absolute Gasteiger partial charge is 0.309 e. The molecular weight excluding hydrogens is 488 g/mol. The van der Waals surface area contributed by atoms with E-state index in [4.69, 9.17) is 0 Å². The first-order valence-electron chi connectivity index (χ1n) is 14.1. The summed E-state index contributed by atoms with van der Waals surface area (Å²) in [7, 11) is 0. The third-order valence-electron chi connectivity index (χ3n) is 7.49. The van der Waals surface area contributed by atoms with Gasteiger partial charge in [0.15, 0.2) is 5.82 Å². The quantitative estimate of drug-likeness (QED) is 0.294. The average Bonchev–Trinajstić information content (AvgIpc) is 3.68. The summed E-state index contributed by atoms with van der Waals surface area (Å²) in [6, 6.07) is 13.7. The number of benzene rings is 1. The summed E-state index contributed by atoms with van der Waals surface area (Å²) in [5.41, 5.74) is 3.91. The van der Waals surface area contributed by atoms with E-state index in [1.54, 1.807) is 18.3 Å². The van der Waals surface area contributed by atoms with Gasteiger partial charge in [-0.2, -0.15) is 5.10 Å². The van der Waals surface area contributed by atoms with Gasteiger partial charge in [-0.15, -0.1) is 0 Å². The monoisotopic (exact) mass is 526 g/mol. The highest BCUT2D eigenvalue weighted by atomic mass is 16.2. The molecule has 2 fully saturated rings. The van der Waals surface area contributed by atoms with E-state index in [0.29, 0.717) is 17.6 Å². The van der Waals surface area contributed by atoms with E-state index in [9.17, 15) is 9.59 Å². The van der Waals surface area contributed by atoms with Crippen molar-refractivity contribution in [3.05, 3.63) is 72.1 Å². The molecule has 1 aliphatic carbocycles. The van der Waals surface area contributed by atoms with Crippen molar-refractivity contribution in [2.45, 2.75) is 57.8 Å². The zero-order valence-corrected chi connectivity index (χ0v) is 22.8. The highest BCUT2D eigenvalue weighted by molar-refractivity contribution is 5.98. The Labute approximate surface area is 230 Å². The van der Waals surface area contributed by atoms with E-state index in [1.807, 2.05) is 42.5 Å². The molecule has 3 aromatic rings. The van der Waals surface area contributed by atoms with Crippen molar-refractivity contribution in [3.63, 3.8) is 0 Å².